The molecule has 7 nitrogen and oxygen atoms in total. The van der Waals surface area contributed by atoms with E-state index < -0.39 is 0 Å². The van der Waals surface area contributed by atoms with Crippen molar-refractivity contribution in [3.8, 4) is 23.0 Å². The molecule has 32 heavy (non-hydrogen) atoms. The molecule has 4 rings (SSSR count). The number of carbonyl (C=O) groups excluding carboxylic acids is 1. The molecule has 0 aliphatic carbocycles. The van der Waals surface area contributed by atoms with Crippen LogP contribution in [0, 0.1) is 5.92 Å². The van der Waals surface area contributed by atoms with Crippen molar-refractivity contribution in [2.45, 2.75) is 32.4 Å². The third-order valence-electron chi connectivity index (χ3n) is 5.61. The molecule has 2 atom stereocenters. The number of para-hydroxylation sites is 2. The number of amides is 1. The largest absolute Gasteiger partial charge is 0.490 e. The standard InChI is InChI=1S/C25H32N2O5/c1-17(2)25(18-9-10-21-23(13-18)30-12-6-11-29-21)26-24(28)15-27(3)14-19-16-31-20-7-4-5-8-22(20)32-19/h4-5,7-10,13,17,19,25H,6,11-12,14-16H2,1-3H3,(H,26,28)/t19-,25-/m0/s1. The lowest BCUT2D eigenvalue weighted by Crippen LogP contribution is -2.44. The molecule has 2 aromatic rings. The first-order valence-corrected chi connectivity index (χ1v) is 11.3. The van der Waals surface area contributed by atoms with Crippen LogP contribution in [0.25, 0.3) is 0 Å². The van der Waals surface area contributed by atoms with Crippen LogP contribution in [0.2, 0.25) is 0 Å². The van der Waals surface area contributed by atoms with Gasteiger partial charge in [-0.25, -0.2) is 0 Å². The third kappa shape index (κ3) is 5.46. The molecule has 0 radical (unpaired) electrons. The minimum Gasteiger partial charge on any atom is -0.490 e. The second-order valence-electron chi connectivity index (χ2n) is 8.74. The summed E-state index contributed by atoms with van der Waals surface area (Å²) in [5.74, 6) is 3.20. The topological polar surface area (TPSA) is 69.3 Å². The smallest absolute Gasteiger partial charge is 0.234 e. The maximum atomic E-state index is 12.8. The lowest BCUT2D eigenvalue weighted by molar-refractivity contribution is -0.123. The number of nitrogens with zero attached hydrogens (tertiary/aromatic N) is 1. The summed E-state index contributed by atoms with van der Waals surface area (Å²) >= 11 is 0. The predicted octanol–water partition coefficient (Wildman–Crippen LogP) is 3.43. The SMILES string of the molecule is CC(C)[C@H](NC(=O)CN(C)C[C@H]1COc2ccccc2O1)c1ccc2c(c1)OCCCO2. The van der Waals surface area contributed by atoms with Gasteiger partial charge in [0.1, 0.15) is 12.7 Å². The lowest BCUT2D eigenvalue weighted by Gasteiger charge is -2.30. The van der Waals surface area contributed by atoms with Crippen molar-refractivity contribution in [1.29, 1.82) is 0 Å². The highest BCUT2D eigenvalue weighted by Crippen LogP contribution is 2.34. The van der Waals surface area contributed by atoms with Gasteiger partial charge in [0.2, 0.25) is 5.91 Å². The summed E-state index contributed by atoms with van der Waals surface area (Å²) in [4.78, 5) is 14.8. The van der Waals surface area contributed by atoms with Crippen molar-refractivity contribution in [3.63, 3.8) is 0 Å². The molecule has 0 saturated heterocycles. The van der Waals surface area contributed by atoms with Gasteiger partial charge in [0.25, 0.3) is 0 Å². The van der Waals surface area contributed by atoms with Crippen LogP contribution in [-0.4, -0.2) is 56.9 Å². The summed E-state index contributed by atoms with van der Waals surface area (Å²) in [5.41, 5.74) is 1.01. The first-order valence-electron chi connectivity index (χ1n) is 11.3. The molecule has 0 fully saturated rings. The average Bonchev–Trinajstić information content (AvgIpc) is 3.02. The van der Waals surface area contributed by atoms with Crippen molar-refractivity contribution >= 4 is 5.91 Å². The van der Waals surface area contributed by atoms with E-state index in [9.17, 15) is 4.79 Å². The van der Waals surface area contributed by atoms with Crippen molar-refractivity contribution < 1.29 is 23.7 Å². The van der Waals surface area contributed by atoms with Crippen molar-refractivity contribution in [1.82, 2.24) is 10.2 Å². The van der Waals surface area contributed by atoms with Crippen LogP contribution >= 0.6 is 0 Å². The number of rotatable bonds is 7. The number of likely N-dealkylation sites (N-methyl/N-ethyl adjacent to an activating group) is 1. The number of carbonyl (C=O) groups is 1. The van der Waals surface area contributed by atoms with Crippen LogP contribution in [0.1, 0.15) is 31.9 Å². The summed E-state index contributed by atoms with van der Waals surface area (Å²) in [6.45, 7) is 6.83. The Hall–Kier alpha value is -2.93. The third-order valence-corrected chi connectivity index (χ3v) is 5.61. The number of ether oxygens (including phenoxy) is 4. The molecule has 2 aliphatic rings. The van der Waals surface area contributed by atoms with Crippen LogP contribution in [-0.2, 0) is 4.79 Å². The lowest BCUT2D eigenvalue weighted by atomic mass is 9.95. The first-order chi connectivity index (χ1) is 15.5. The predicted molar refractivity (Wildman–Crippen MR) is 122 cm³/mol. The van der Waals surface area contributed by atoms with Gasteiger partial charge in [0, 0.05) is 13.0 Å². The van der Waals surface area contributed by atoms with Crippen LogP contribution in [0.5, 0.6) is 23.0 Å². The molecule has 172 valence electrons. The molecule has 7 heteroatoms. The molecular weight excluding hydrogens is 408 g/mol. The highest BCUT2D eigenvalue weighted by Gasteiger charge is 2.25. The van der Waals surface area contributed by atoms with Crippen LogP contribution in [0.4, 0.5) is 0 Å². The van der Waals surface area contributed by atoms with E-state index >= 15 is 0 Å². The minimum absolute atomic E-state index is 0.0320. The van der Waals surface area contributed by atoms with Crippen LogP contribution in [0.15, 0.2) is 42.5 Å². The van der Waals surface area contributed by atoms with Gasteiger partial charge in [-0.05, 0) is 42.8 Å². The molecule has 2 heterocycles. The molecule has 2 aromatic carbocycles. The zero-order chi connectivity index (χ0) is 22.5. The number of hydrogen-bond acceptors (Lipinski definition) is 6. The second kappa shape index (κ2) is 10.1. The normalized spacial score (nSPS) is 18.2. The number of nitrogens with one attached hydrogen (secondary N) is 1. The summed E-state index contributed by atoms with van der Waals surface area (Å²) in [5, 5.41) is 3.19. The highest BCUT2D eigenvalue weighted by atomic mass is 16.6. The second-order valence-corrected chi connectivity index (χ2v) is 8.74. The maximum absolute atomic E-state index is 12.8. The summed E-state index contributed by atoms with van der Waals surface area (Å²) in [7, 11) is 1.92. The van der Waals surface area contributed by atoms with E-state index in [2.05, 4.69) is 19.2 Å². The molecular formula is C25H32N2O5. The van der Waals surface area contributed by atoms with Gasteiger partial charge in [-0.15, -0.1) is 0 Å². The van der Waals surface area contributed by atoms with E-state index in [1.54, 1.807) is 0 Å². The Labute approximate surface area is 189 Å². The molecule has 0 saturated carbocycles. The fraction of sp³-hybridized carbons (Fsp3) is 0.480. The summed E-state index contributed by atoms with van der Waals surface area (Å²) in [6.07, 6.45) is 0.743. The molecule has 0 aromatic heterocycles. The van der Waals surface area contributed by atoms with E-state index in [-0.39, 0.29) is 30.5 Å². The Morgan fingerprint density at radius 2 is 1.75 bits per heavy atom. The van der Waals surface area contributed by atoms with E-state index in [1.807, 2.05) is 54.4 Å². The Balaban J connectivity index is 1.34. The van der Waals surface area contributed by atoms with E-state index in [0.29, 0.717) is 26.4 Å². The maximum Gasteiger partial charge on any atom is 0.234 e. The Kier molecular flexibility index (Phi) is 7.05. The Morgan fingerprint density at radius 3 is 2.53 bits per heavy atom. The quantitative estimate of drug-likeness (QED) is 0.712. The Bertz CT molecular complexity index is 932. The van der Waals surface area contributed by atoms with Gasteiger partial charge < -0.3 is 24.3 Å². The molecule has 1 amide bonds. The molecule has 2 aliphatic heterocycles. The zero-order valence-corrected chi connectivity index (χ0v) is 19.0. The molecule has 0 bridgehead atoms. The van der Waals surface area contributed by atoms with Crippen LogP contribution in [0.3, 0.4) is 0 Å². The summed E-state index contributed by atoms with van der Waals surface area (Å²) in [6, 6.07) is 13.5. The van der Waals surface area contributed by atoms with Gasteiger partial charge >= 0.3 is 0 Å². The molecule has 0 spiro atoms. The van der Waals surface area contributed by atoms with Gasteiger partial charge in [-0.3, -0.25) is 9.69 Å². The van der Waals surface area contributed by atoms with Gasteiger partial charge in [-0.2, -0.15) is 0 Å². The van der Waals surface area contributed by atoms with E-state index in [1.165, 1.54) is 0 Å². The van der Waals surface area contributed by atoms with E-state index in [0.717, 1.165) is 35.0 Å². The number of fused-ring (bicyclic) bond motifs is 2. The Morgan fingerprint density at radius 1 is 1.03 bits per heavy atom. The average molecular weight is 441 g/mol. The van der Waals surface area contributed by atoms with Gasteiger partial charge in [-0.1, -0.05) is 32.0 Å². The van der Waals surface area contributed by atoms with Gasteiger partial charge in [0.15, 0.2) is 23.0 Å². The zero-order valence-electron chi connectivity index (χ0n) is 19.0. The molecule has 1 N–H and O–H groups in total. The van der Waals surface area contributed by atoms with Crippen LogP contribution < -0.4 is 24.3 Å². The van der Waals surface area contributed by atoms with Crippen molar-refractivity contribution in [3.05, 3.63) is 48.0 Å². The fourth-order valence-corrected chi connectivity index (χ4v) is 4.04. The monoisotopic (exact) mass is 440 g/mol. The fourth-order valence-electron chi connectivity index (χ4n) is 4.04. The first kappa shape index (κ1) is 22.3. The summed E-state index contributed by atoms with van der Waals surface area (Å²) < 4.78 is 23.3. The highest BCUT2D eigenvalue weighted by molar-refractivity contribution is 5.78. The van der Waals surface area contributed by atoms with Gasteiger partial charge in [0.05, 0.1) is 25.8 Å². The van der Waals surface area contributed by atoms with Crippen molar-refractivity contribution in [2.24, 2.45) is 5.92 Å². The van der Waals surface area contributed by atoms with Crippen molar-refractivity contribution in [2.75, 3.05) is 40.0 Å². The minimum atomic E-state index is -0.120. The van der Waals surface area contributed by atoms with E-state index in [4.69, 9.17) is 18.9 Å². The number of benzene rings is 2. The number of hydrogen-bond donors (Lipinski definition) is 1. The molecule has 0 unspecified atom stereocenters.